The van der Waals surface area contributed by atoms with Crippen LogP contribution in [-0.4, -0.2) is 118 Å². The van der Waals surface area contributed by atoms with Crippen LogP contribution in [-0.2, 0) is 35.1 Å². The van der Waals surface area contributed by atoms with E-state index in [1.54, 1.807) is 48.4 Å². The third-order valence-electron chi connectivity index (χ3n) is 10.0. The second-order valence-corrected chi connectivity index (χ2v) is 16.6. The number of aromatic nitrogens is 3. The standard InChI is InChI=1S/C37H55N7O7S2/c1-21(2)29(44(7)36(48)32(25-18-52-19-25)42-34(47)28-11-9-10-12-43(28)6)15-30(51-24(5)45)35-41-27(20-53-35)33(46)40-26(13-23(4)37(49)50-8)14-31-38-16-22(3)17-39-31/h16-17,20-21,23,25-26,28-30,32H,9-15,18-19H2,1-8H3,(H,40,46)(H,42,47)/t23-,26+,28+,29+,30+,32-/m0/s1. The zero-order chi connectivity index (χ0) is 38.8. The van der Waals surface area contributed by atoms with Crippen molar-refractivity contribution in [3.05, 3.63) is 39.9 Å². The average Bonchev–Trinajstić information content (AvgIpc) is 3.59. The SMILES string of the molecule is COC(=O)[C@@H](C)C[C@H](Cc1ncc(C)cn1)NC(=O)c1csc([C@@H](C[C@H](C(C)C)N(C)C(=O)[C@@H](NC(=O)[C@H]2CCCCN2C)C2CSC2)OC(C)=O)n1. The number of hydrogen-bond acceptors (Lipinski definition) is 13. The summed E-state index contributed by atoms with van der Waals surface area (Å²) in [4.78, 5) is 83.0. The number of amides is 3. The number of thioether (sulfide) groups is 1. The quantitative estimate of drug-likeness (QED) is 0.224. The van der Waals surface area contributed by atoms with Crippen molar-refractivity contribution in [2.75, 3.05) is 39.3 Å². The van der Waals surface area contributed by atoms with E-state index in [9.17, 15) is 24.0 Å². The molecule has 0 bridgehead atoms. The number of nitrogens with one attached hydrogen (secondary N) is 2. The second kappa shape index (κ2) is 19.6. The number of aryl methyl sites for hydroxylation is 1. The van der Waals surface area contributed by atoms with Gasteiger partial charge in [0.2, 0.25) is 11.8 Å². The molecule has 292 valence electrons. The molecule has 2 aromatic heterocycles. The van der Waals surface area contributed by atoms with Crippen LogP contribution in [0.15, 0.2) is 17.8 Å². The highest BCUT2D eigenvalue weighted by atomic mass is 32.2. The molecule has 0 aliphatic carbocycles. The molecule has 53 heavy (non-hydrogen) atoms. The molecular weight excluding hydrogens is 719 g/mol. The first kappa shape index (κ1) is 42.1. The molecule has 4 heterocycles. The maximum Gasteiger partial charge on any atom is 0.308 e. The lowest BCUT2D eigenvalue weighted by Crippen LogP contribution is -2.60. The van der Waals surface area contributed by atoms with Gasteiger partial charge in [0, 0.05) is 62.6 Å². The Hall–Kier alpha value is -3.63. The largest absolute Gasteiger partial charge is 0.469 e. The lowest BCUT2D eigenvalue weighted by molar-refractivity contribution is -0.149. The van der Waals surface area contributed by atoms with Gasteiger partial charge in [0.05, 0.1) is 19.1 Å². The van der Waals surface area contributed by atoms with Crippen molar-refractivity contribution in [2.24, 2.45) is 17.8 Å². The van der Waals surface area contributed by atoms with Crippen LogP contribution < -0.4 is 10.6 Å². The number of ether oxygens (including phenoxy) is 2. The molecule has 2 fully saturated rings. The number of methoxy groups -OCH3 is 1. The highest BCUT2D eigenvalue weighted by molar-refractivity contribution is 8.00. The molecule has 0 radical (unpaired) electrons. The fourth-order valence-corrected chi connectivity index (χ4v) is 8.56. The van der Waals surface area contributed by atoms with Crippen LogP contribution >= 0.6 is 23.1 Å². The number of nitrogens with zero attached hydrogens (tertiary/aromatic N) is 5. The van der Waals surface area contributed by atoms with Crippen molar-refractivity contribution in [1.82, 2.24) is 35.4 Å². The van der Waals surface area contributed by atoms with Crippen LogP contribution in [0, 0.1) is 24.7 Å². The summed E-state index contributed by atoms with van der Waals surface area (Å²) in [6.45, 7) is 9.77. The summed E-state index contributed by atoms with van der Waals surface area (Å²) in [6, 6.07) is -1.80. The van der Waals surface area contributed by atoms with Crippen molar-refractivity contribution in [1.29, 1.82) is 0 Å². The van der Waals surface area contributed by atoms with Crippen LogP contribution in [0.1, 0.15) is 92.8 Å². The maximum absolute atomic E-state index is 14.2. The zero-order valence-corrected chi connectivity index (χ0v) is 33.8. The van der Waals surface area contributed by atoms with Crippen LogP contribution in [0.4, 0.5) is 0 Å². The van der Waals surface area contributed by atoms with Crippen molar-refractivity contribution in [3.8, 4) is 0 Å². The minimum absolute atomic E-state index is 0.0295. The molecule has 0 unspecified atom stereocenters. The van der Waals surface area contributed by atoms with Gasteiger partial charge in [-0.2, -0.15) is 11.8 Å². The molecule has 4 rings (SSSR count). The Morgan fingerprint density at radius 1 is 1.06 bits per heavy atom. The van der Waals surface area contributed by atoms with Crippen molar-refractivity contribution in [3.63, 3.8) is 0 Å². The predicted octanol–water partition coefficient (Wildman–Crippen LogP) is 3.59. The van der Waals surface area contributed by atoms with E-state index < -0.39 is 42.0 Å². The van der Waals surface area contributed by atoms with E-state index in [0.717, 1.165) is 42.9 Å². The first-order chi connectivity index (χ1) is 25.2. The van der Waals surface area contributed by atoms with Gasteiger partial charge < -0.3 is 25.0 Å². The number of likely N-dealkylation sites (tertiary alicyclic amines) is 1. The van der Waals surface area contributed by atoms with E-state index in [1.807, 2.05) is 27.8 Å². The maximum atomic E-state index is 14.2. The molecule has 16 heteroatoms. The van der Waals surface area contributed by atoms with Crippen LogP contribution in [0.2, 0.25) is 0 Å². The van der Waals surface area contributed by atoms with Crippen molar-refractivity contribution >= 4 is 52.8 Å². The highest BCUT2D eigenvalue weighted by Crippen LogP contribution is 2.33. The summed E-state index contributed by atoms with van der Waals surface area (Å²) in [5.41, 5.74) is 1.03. The highest BCUT2D eigenvalue weighted by Gasteiger charge is 2.41. The monoisotopic (exact) mass is 773 g/mol. The van der Waals surface area contributed by atoms with E-state index in [0.29, 0.717) is 10.8 Å². The Labute approximate surface area is 321 Å². The fourth-order valence-electron chi connectivity index (χ4n) is 6.82. The normalized spacial score (nSPS) is 19.2. The van der Waals surface area contributed by atoms with Crippen molar-refractivity contribution < 1.29 is 33.4 Å². The average molecular weight is 774 g/mol. The second-order valence-electron chi connectivity index (χ2n) is 14.7. The summed E-state index contributed by atoms with van der Waals surface area (Å²) >= 11 is 2.94. The van der Waals surface area contributed by atoms with Gasteiger partial charge in [0.25, 0.3) is 5.91 Å². The molecule has 3 amide bonds. The molecule has 0 spiro atoms. The minimum atomic E-state index is -0.832. The lowest BCUT2D eigenvalue weighted by Gasteiger charge is -2.40. The van der Waals surface area contributed by atoms with E-state index in [-0.39, 0.29) is 60.7 Å². The fraction of sp³-hybridized carbons (Fsp3) is 0.676. The van der Waals surface area contributed by atoms with Gasteiger partial charge in [-0.25, -0.2) is 15.0 Å². The van der Waals surface area contributed by atoms with Gasteiger partial charge >= 0.3 is 11.9 Å². The third kappa shape index (κ3) is 11.7. The Balaban J connectivity index is 1.50. The number of thiazole rings is 1. The van der Waals surface area contributed by atoms with Crippen LogP contribution in [0.3, 0.4) is 0 Å². The predicted molar refractivity (Wildman–Crippen MR) is 203 cm³/mol. The van der Waals surface area contributed by atoms with Gasteiger partial charge in [-0.15, -0.1) is 11.3 Å². The number of carbonyl (C=O) groups excluding carboxylic acids is 5. The number of carbonyl (C=O) groups is 5. The summed E-state index contributed by atoms with van der Waals surface area (Å²) in [6.07, 6.45) is 6.17. The number of rotatable bonds is 17. The van der Waals surface area contributed by atoms with Gasteiger partial charge in [0.15, 0.2) is 6.10 Å². The van der Waals surface area contributed by atoms with E-state index >= 15 is 0 Å². The molecule has 2 saturated heterocycles. The Morgan fingerprint density at radius 3 is 2.34 bits per heavy atom. The molecule has 6 atom stereocenters. The molecule has 14 nitrogen and oxygen atoms in total. The van der Waals surface area contributed by atoms with Crippen molar-refractivity contribution in [2.45, 2.75) is 103 Å². The summed E-state index contributed by atoms with van der Waals surface area (Å²) in [5.74, 6) is -0.0675. The van der Waals surface area contributed by atoms with E-state index in [2.05, 4.69) is 30.5 Å². The number of likely N-dealkylation sites (N-methyl/N-ethyl adjacent to an activating group) is 2. The number of hydrogen-bond donors (Lipinski definition) is 2. The molecule has 2 aliphatic heterocycles. The topological polar surface area (TPSA) is 173 Å². The molecular formula is C37H55N7O7S2. The minimum Gasteiger partial charge on any atom is -0.469 e. The molecule has 2 N–H and O–H groups in total. The summed E-state index contributed by atoms with van der Waals surface area (Å²) in [5, 5.41) is 8.13. The van der Waals surface area contributed by atoms with Crippen LogP contribution in [0.5, 0.6) is 0 Å². The molecule has 2 aromatic rings. The van der Waals surface area contributed by atoms with Gasteiger partial charge in [0.1, 0.15) is 22.6 Å². The van der Waals surface area contributed by atoms with Crippen LogP contribution in [0.25, 0.3) is 0 Å². The van der Waals surface area contributed by atoms with E-state index in [1.165, 1.54) is 25.4 Å². The summed E-state index contributed by atoms with van der Waals surface area (Å²) in [7, 11) is 5.02. The Morgan fingerprint density at radius 2 is 1.75 bits per heavy atom. The molecule has 2 aliphatic rings. The number of piperidine rings is 1. The van der Waals surface area contributed by atoms with Gasteiger partial charge in [-0.1, -0.05) is 27.2 Å². The Kier molecular flexibility index (Phi) is 15.6. The van der Waals surface area contributed by atoms with E-state index in [4.69, 9.17) is 9.47 Å². The van der Waals surface area contributed by atoms with Gasteiger partial charge in [-0.3, -0.25) is 28.9 Å². The summed E-state index contributed by atoms with van der Waals surface area (Å²) < 4.78 is 10.7. The van der Waals surface area contributed by atoms with Gasteiger partial charge in [-0.05, 0) is 62.8 Å². The third-order valence-corrected chi connectivity index (χ3v) is 12.3. The Bertz CT molecular complexity index is 1570. The first-order valence-corrected chi connectivity index (χ1v) is 20.4. The molecule has 0 aromatic carbocycles. The zero-order valence-electron chi connectivity index (χ0n) is 32.1. The lowest BCUT2D eigenvalue weighted by atomic mass is 9.93. The first-order valence-electron chi connectivity index (χ1n) is 18.3. The molecule has 0 saturated carbocycles. The number of esters is 2. The smallest absolute Gasteiger partial charge is 0.308 e.